The second kappa shape index (κ2) is 16.6. The van der Waals surface area contributed by atoms with E-state index in [-0.39, 0.29) is 56.4 Å². The van der Waals surface area contributed by atoms with Crippen LogP contribution in [0.5, 0.6) is 0 Å². The molecule has 10 heteroatoms. The predicted molar refractivity (Wildman–Crippen MR) is 188 cm³/mol. The van der Waals surface area contributed by atoms with Crippen LogP contribution < -0.4 is 10.6 Å². The van der Waals surface area contributed by atoms with Gasteiger partial charge in [-0.1, -0.05) is 91.0 Å². The SMILES string of the molecule is O=C(C[C@H]1CC=CCC[C@@H](NC(=O)OCC2c3ccccc3-c3ccccc32)C(=O)OC[C@@H]2CCCN2C1=O)N[C@@H](CO)Cc1ccccc1. The predicted octanol–water partition coefficient (Wildman–Crippen LogP) is 4.89. The Kier molecular flexibility index (Phi) is 11.6. The topological polar surface area (TPSA) is 134 Å². The number of cyclic esters (lactones) is 1. The maximum absolute atomic E-state index is 13.8. The zero-order valence-corrected chi connectivity index (χ0v) is 28.2. The molecule has 6 rings (SSSR count). The van der Waals surface area contributed by atoms with Crippen LogP contribution in [0.25, 0.3) is 11.1 Å². The largest absolute Gasteiger partial charge is 0.462 e. The molecule has 0 radical (unpaired) electrons. The summed E-state index contributed by atoms with van der Waals surface area (Å²) in [5.74, 6) is -1.74. The minimum Gasteiger partial charge on any atom is -0.462 e. The Morgan fingerprint density at radius 1 is 0.920 bits per heavy atom. The van der Waals surface area contributed by atoms with E-state index in [2.05, 4.69) is 22.8 Å². The summed E-state index contributed by atoms with van der Waals surface area (Å²) >= 11 is 0. The molecule has 1 fully saturated rings. The molecule has 1 saturated heterocycles. The molecule has 50 heavy (non-hydrogen) atoms. The number of carbonyl (C=O) groups excluding carboxylic acids is 4. The minimum absolute atomic E-state index is 0.00342. The average molecular weight is 680 g/mol. The summed E-state index contributed by atoms with van der Waals surface area (Å²) in [7, 11) is 0. The standard InChI is InChI=1S/C40H45N3O7/c44-24-29(22-27-12-3-1-4-13-27)41-37(45)23-28-14-5-2-6-20-36(39(47)49-25-30-15-11-21-43(30)38(28)46)42-40(48)50-26-35-33-18-9-7-16-31(33)32-17-8-10-19-34(32)35/h1-5,7-10,12-13,16-19,28-30,35-36,44H,6,11,14-15,20-26H2,(H,41,45)(H,42,48)/t28-,29-,30+,36-/m1/s1. The summed E-state index contributed by atoms with van der Waals surface area (Å²) in [6.45, 7) is 0.423. The fraction of sp³-hybridized carbons (Fsp3) is 0.400. The van der Waals surface area contributed by atoms with E-state index in [0.717, 1.165) is 34.2 Å². The van der Waals surface area contributed by atoms with Crippen LogP contribution in [0.4, 0.5) is 4.79 Å². The van der Waals surface area contributed by atoms with E-state index in [9.17, 15) is 24.3 Å². The van der Waals surface area contributed by atoms with Gasteiger partial charge < -0.3 is 30.1 Å². The van der Waals surface area contributed by atoms with E-state index in [1.54, 1.807) is 4.90 Å². The number of allylic oxidation sites excluding steroid dienone is 2. The van der Waals surface area contributed by atoms with Crippen molar-refractivity contribution >= 4 is 23.9 Å². The van der Waals surface area contributed by atoms with E-state index >= 15 is 0 Å². The first-order valence-corrected chi connectivity index (χ1v) is 17.6. The van der Waals surface area contributed by atoms with Crippen molar-refractivity contribution in [1.29, 1.82) is 0 Å². The Labute approximate surface area is 292 Å². The molecule has 0 bridgehead atoms. The van der Waals surface area contributed by atoms with E-state index in [1.165, 1.54) is 0 Å². The van der Waals surface area contributed by atoms with Gasteiger partial charge in [-0.25, -0.2) is 9.59 Å². The molecule has 10 nitrogen and oxygen atoms in total. The van der Waals surface area contributed by atoms with Gasteiger partial charge in [0.2, 0.25) is 11.8 Å². The van der Waals surface area contributed by atoms with Crippen LogP contribution in [0.2, 0.25) is 0 Å². The zero-order chi connectivity index (χ0) is 34.9. The number of amides is 3. The minimum atomic E-state index is -0.928. The number of aliphatic hydroxyl groups is 1. The number of benzene rings is 3. The summed E-state index contributed by atoms with van der Waals surface area (Å²) in [5, 5.41) is 15.6. The van der Waals surface area contributed by atoms with Crippen molar-refractivity contribution in [1.82, 2.24) is 15.5 Å². The molecule has 0 unspecified atom stereocenters. The maximum Gasteiger partial charge on any atom is 0.407 e. The Morgan fingerprint density at radius 3 is 2.34 bits per heavy atom. The second-order valence-corrected chi connectivity index (χ2v) is 13.3. The molecule has 3 aromatic carbocycles. The number of carbonyl (C=O) groups is 4. The van der Waals surface area contributed by atoms with Gasteiger partial charge in [0.25, 0.3) is 0 Å². The van der Waals surface area contributed by atoms with Gasteiger partial charge in [-0.15, -0.1) is 0 Å². The number of aliphatic hydroxyl groups excluding tert-OH is 1. The summed E-state index contributed by atoms with van der Waals surface area (Å²) in [4.78, 5) is 55.0. The molecule has 0 saturated carbocycles. The first-order chi connectivity index (χ1) is 24.4. The van der Waals surface area contributed by atoms with Crippen LogP contribution >= 0.6 is 0 Å². The molecule has 4 atom stereocenters. The number of nitrogens with zero attached hydrogens (tertiary/aromatic N) is 1. The molecule has 2 heterocycles. The van der Waals surface area contributed by atoms with Crippen molar-refractivity contribution < 1.29 is 33.8 Å². The van der Waals surface area contributed by atoms with E-state index < -0.39 is 30.1 Å². The first-order valence-electron chi connectivity index (χ1n) is 17.6. The van der Waals surface area contributed by atoms with Crippen LogP contribution in [0.1, 0.15) is 61.1 Å². The lowest BCUT2D eigenvalue weighted by Gasteiger charge is -2.29. The number of fused-ring (bicyclic) bond motifs is 4. The summed E-state index contributed by atoms with van der Waals surface area (Å²) < 4.78 is 11.4. The maximum atomic E-state index is 13.8. The van der Waals surface area contributed by atoms with Crippen LogP contribution in [-0.4, -0.2) is 78.4 Å². The van der Waals surface area contributed by atoms with Gasteiger partial charge in [0.1, 0.15) is 19.3 Å². The zero-order valence-electron chi connectivity index (χ0n) is 28.2. The number of esters is 1. The fourth-order valence-corrected chi connectivity index (χ4v) is 7.33. The lowest BCUT2D eigenvalue weighted by atomic mass is 9.97. The Hall–Kier alpha value is -4.96. The van der Waals surface area contributed by atoms with Gasteiger partial charge in [0, 0.05) is 18.9 Å². The van der Waals surface area contributed by atoms with E-state index in [0.29, 0.717) is 32.2 Å². The number of hydrogen-bond donors (Lipinski definition) is 3. The highest BCUT2D eigenvalue weighted by atomic mass is 16.6. The van der Waals surface area contributed by atoms with Crippen molar-refractivity contribution in [2.24, 2.45) is 5.92 Å². The van der Waals surface area contributed by atoms with Crippen molar-refractivity contribution in [3.63, 3.8) is 0 Å². The van der Waals surface area contributed by atoms with Crippen LogP contribution in [0.15, 0.2) is 91.0 Å². The highest BCUT2D eigenvalue weighted by Crippen LogP contribution is 2.44. The number of rotatable bonds is 9. The molecule has 1 aliphatic carbocycles. The number of ether oxygens (including phenoxy) is 2. The number of nitrogens with one attached hydrogen (secondary N) is 2. The number of hydrogen-bond acceptors (Lipinski definition) is 7. The van der Waals surface area contributed by atoms with Gasteiger partial charge in [-0.3, -0.25) is 9.59 Å². The molecule has 0 aromatic heterocycles. The molecule has 2 aliphatic heterocycles. The summed E-state index contributed by atoms with van der Waals surface area (Å²) in [6, 6.07) is 24.1. The van der Waals surface area contributed by atoms with Crippen molar-refractivity contribution in [3.05, 3.63) is 108 Å². The monoisotopic (exact) mass is 679 g/mol. The molecule has 3 N–H and O–H groups in total. The van der Waals surface area contributed by atoms with Crippen molar-refractivity contribution in [2.75, 3.05) is 26.4 Å². The smallest absolute Gasteiger partial charge is 0.407 e. The average Bonchev–Trinajstić information content (AvgIpc) is 3.74. The molecular weight excluding hydrogens is 634 g/mol. The quantitative estimate of drug-likeness (QED) is 0.217. The van der Waals surface area contributed by atoms with Gasteiger partial charge in [0.15, 0.2) is 0 Å². The van der Waals surface area contributed by atoms with Crippen molar-refractivity contribution in [2.45, 2.75) is 69.0 Å². The molecular formula is C40H45N3O7. The lowest BCUT2D eigenvalue weighted by Crippen LogP contribution is -2.46. The third-order valence-electron chi connectivity index (χ3n) is 9.90. The fourth-order valence-electron chi connectivity index (χ4n) is 7.33. The molecule has 3 aliphatic rings. The van der Waals surface area contributed by atoms with Crippen molar-refractivity contribution in [3.8, 4) is 11.1 Å². The highest BCUT2D eigenvalue weighted by Gasteiger charge is 2.36. The second-order valence-electron chi connectivity index (χ2n) is 13.3. The Balaban J connectivity index is 1.07. The lowest BCUT2D eigenvalue weighted by molar-refractivity contribution is -0.150. The molecule has 3 aromatic rings. The van der Waals surface area contributed by atoms with E-state index in [1.807, 2.05) is 78.9 Å². The molecule has 0 spiro atoms. The third kappa shape index (κ3) is 8.42. The molecule has 3 amide bonds. The Morgan fingerprint density at radius 2 is 1.62 bits per heavy atom. The van der Waals surface area contributed by atoms with Crippen LogP contribution in [-0.2, 0) is 30.3 Å². The highest BCUT2D eigenvalue weighted by molar-refractivity contribution is 5.87. The molecule has 262 valence electrons. The third-order valence-corrected chi connectivity index (χ3v) is 9.90. The van der Waals surface area contributed by atoms with Gasteiger partial charge in [-0.05, 0) is 66.3 Å². The number of alkyl carbamates (subject to hydrolysis) is 1. The van der Waals surface area contributed by atoms with Gasteiger partial charge >= 0.3 is 12.1 Å². The normalized spacial score (nSPS) is 21.4. The van der Waals surface area contributed by atoms with Gasteiger partial charge in [0.05, 0.1) is 24.6 Å². The first kappa shape index (κ1) is 34.9. The van der Waals surface area contributed by atoms with Crippen LogP contribution in [0.3, 0.4) is 0 Å². The Bertz CT molecular complexity index is 1650. The summed E-state index contributed by atoms with van der Waals surface area (Å²) in [6.07, 6.45) is 5.98. The van der Waals surface area contributed by atoms with Crippen LogP contribution in [0, 0.1) is 5.92 Å². The van der Waals surface area contributed by atoms with Gasteiger partial charge in [-0.2, -0.15) is 0 Å². The van der Waals surface area contributed by atoms with E-state index in [4.69, 9.17) is 9.47 Å². The summed E-state index contributed by atoms with van der Waals surface area (Å²) in [5.41, 5.74) is 5.44.